The second-order valence-electron chi connectivity index (χ2n) is 7.08. The third kappa shape index (κ3) is 5.35. The molecule has 1 heterocycles. The second-order valence-corrected chi connectivity index (χ2v) is 7.93. The molecule has 0 aromatic heterocycles. The van der Waals surface area contributed by atoms with E-state index >= 15 is 0 Å². The molecule has 142 valence electrons. The Balaban J connectivity index is 2.03. The van der Waals surface area contributed by atoms with E-state index < -0.39 is 17.6 Å². The maximum atomic E-state index is 12.8. The van der Waals surface area contributed by atoms with Gasteiger partial charge in [0.15, 0.2) is 0 Å². The predicted molar refractivity (Wildman–Crippen MR) is 99.4 cm³/mol. The van der Waals surface area contributed by atoms with Gasteiger partial charge in [-0.1, -0.05) is 23.2 Å². The van der Waals surface area contributed by atoms with E-state index in [2.05, 4.69) is 5.32 Å². The summed E-state index contributed by atoms with van der Waals surface area (Å²) in [5.41, 5.74) is -0.369. The second kappa shape index (κ2) is 8.27. The zero-order valence-corrected chi connectivity index (χ0v) is 16.5. The van der Waals surface area contributed by atoms with Gasteiger partial charge in [0.1, 0.15) is 18.2 Å². The van der Waals surface area contributed by atoms with Crippen LogP contribution in [-0.2, 0) is 14.3 Å². The SMILES string of the molecule is CC(C)(C)OC(=O)CNC(=O)C1CCCN1C(=O)c1cc(Cl)ccc1Cl. The van der Waals surface area contributed by atoms with Gasteiger partial charge in [0.05, 0.1) is 10.6 Å². The first-order chi connectivity index (χ1) is 12.1. The molecule has 0 radical (unpaired) electrons. The number of carbonyl (C=O) groups is 3. The summed E-state index contributed by atoms with van der Waals surface area (Å²) in [6, 6.07) is 3.97. The lowest BCUT2D eigenvalue weighted by Gasteiger charge is -2.25. The number of ether oxygens (including phenoxy) is 1. The Hall–Kier alpha value is -1.79. The molecule has 0 saturated carbocycles. The molecule has 2 amide bonds. The maximum Gasteiger partial charge on any atom is 0.325 e. The minimum Gasteiger partial charge on any atom is -0.459 e. The van der Waals surface area contributed by atoms with E-state index in [1.165, 1.54) is 11.0 Å². The highest BCUT2D eigenvalue weighted by atomic mass is 35.5. The van der Waals surface area contributed by atoms with Crippen LogP contribution in [0.3, 0.4) is 0 Å². The average Bonchev–Trinajstić information content (AvgIpc) is 3.02. The number of likely N-dealkylation sites (tertiary alicyclic amines) is 1. The molecule has 8 heteroatoms. The van der Waals surface area contributed by atoms with E-state index in [0.717, 1.165) is 0 Å². The summed E-state index contributed by atoms with van der Waals surface area (Å²) in [6.07, 6.45) is 1.21. The quantitative estimate of drug-likeness (QED) is 0.787. The number of rotatable bonds is 4. The predicted octanol–water partition coefficient (Wildman–Crippen LogP) is 3.06. The van der Waals surface area contributed by atoms with Crippen LogP contribution in [0.1, 0.15) is 44.0 Å². The summed E-state index contributed by atoms with van der Waals surface area (Å²) in [7, 11) is 0. The number of benzene rings is 1. The van der Waals surface area contributed by atoms with Crippen LogP contribution >= 0.6 is 23.2 Å². The van der Waals surface area contributed by atoms with Crippen LogP contribution in [0.4, 0.5) is 0 Å². The first-order valence-electron chi connectivity index (χ1n) is 8.34. The lowest BCUT2D eigenvalue weighted by Crippen LogP contribution is -2.47. The number of hydrogen-bond donors (Lipinski definition) is 1. The number of carbonyl (C=O) groups excluding carboxylic acids is 3. The Bertz CT molecular complexity index is 716. The molecule has 1 aliphatic heterocycles. The van der Waals surface area contributed by atoms with E-state index in [1.807, 2.05) is 0 Å². The van der Waals surface area contributed by atoms with Gasteiger partial charge in [0, 0.05) is 11.6 Å². The summed E-state index contributed by atoms with van der Waals surface area (Å²) >= 11 is 12.0. The van der Waals surface area contributed by atoms with E-state index in [1.54, 1.807) is 32.9 Å². The molecule has 0 spiro atoms. The van der Waals surface area contributed by atoms with Crippen LogP contribution in [0.2, 0.25) is 10.0 Å². The number of nitrogens with one attached hydrogen (secondary N) is 1. The van der Waals surface area contributed by atoms with Gasteiger partial charge in [-0.15, -0.1) is 0 Å². The Morgan fingerprint density at radius 2 is 1.96 bits per heavy atom. The number of esters is 1. The smallest absolute Gasteiger partial charge is 0.325 e. The summed E-state index contributed by atoms with van der Waals surface area (Å²) < 4.78 is 5.16. The highest BCUT2D eigenvalue weighted by molar-refractivity contribution is 6.35. The number of nitrogens with zero attached hydrogens (tertiary/aromatic N) is 1. The van der Waals surface area contributed by atoms with Crippen molar-refractivity contribution in [3.63, 3.8) is 0 Å². The standard InChI is InChI=1S/C18H22Cl2N2O4/c1-18(2,3)26-15(23)10-21-16(24)14-5-4-8-22(14)17(25)12-9-11(19)6-7-13(12)20/h6-7,9,14H,4-5,8,10H2,1-3H3,(H,21,24). The molecule has 1 aliphatic rings. The van der Waals surface area contributed by atoms with Gasteiger partial charge in [0.2, 0.25) is 5.91 Å². The molecule has 1 saturated heterocycles. The molecule has 1 aromatic carbocycles. The molecule has 0 bridgehead atoms. The summed E-state index contributed by atoms with van der Waals surface area (Å²) in [4.78, 5) is 38.4. The fraction of sp³-hybridized carbons (Fsp3) is 0.500. The van der Waals surface area contributed by atoms with Gasteiger partial charge in [0.25, 0.3) is 5.91 Å². The number of halogens is 2. The van der Waals surface area contributed by atoms with Crippen LogP contribution in [0.15, 0.2) is 18.2 Å². The van der Waals surface area contributed by atoms with Crippen molar-refractivity contribution in [1.82, 2.24) is 10.2 Å². The Kier molecular flexibility index (Phi) is 6.53. The van der Waals surface area contributed by atoms with Crippen molar-refractivity contribution in [2.24, 2.45) is 0 Å². The van der Waals surface area contributed by atoms with Crippen LogP contribution in [0.5, 0.6) is 0 Å². The lowest BCUT2D eigenvalue weighted by atomic mass is 10.1. The molecule has 26 heavy (non-hydrogen) atoms. The van der Waals surface area contributed by atoms with Crippen molar-refractivity contribution in [2.75, 3.05) is 13.1 Å². The summed E-state index contributed by atoms with van der Waals surface area (Å²) in [6.45, 7) is 5.44. The van der Waals surface area contributed by atoms with Gasteiger partial charge >= 0.3 is 5.97 Å². The molecular formula is C18H22Cl2N2O4. The molecule has 2 rings (SSSR count). The van der Waals surface area contributed by atoms with Crippen LogP contribution in [-0.4, -0.2) is 47.4 Å². The van der Waals surface area contributed by atoms with Crippen molar-refractivity contribution in [3.05, 3.63) is 33.8 Å². The van der Waals surface area contributed by atoms with E-state index in [9.17, 15) is 14.4 Å². The molecule has 6 nitrogen and oxygen atoms in total. The first kappa shape index (κ1) is 20.5. The van der Waals surface area contributed by atoms with Gasteiger partial charge in [-0.2, -0.15) is 0 Å². The molecule has 0 aliphatic carbocycles. The van der Waals surface area contributed by atoms with Gasteiger partial charge in [-0.3, -0.25) is 14.4 Å². The molecule has 1 fully saturated rings. The Labute approximate surface area is 162 Å². The van der Waals surface area contributed by atoms with Gasteiger partial charge < -0.3 is 15.0 Å². The molecule has 1 aromatic rings. The van der Waals surface area contributed by atoms with Crippen LogP contribution in [0.25, 0.3) is 0 Å². The van der Waals surface area contributed by atoms with Crippen molar-refractivity contribution >= 4 is 41.0 Å². The van der Waals surface area contributed by atoms with Crippen LogP contribution < -0.4 is 5.32 Å². The Morgan fingerprint density at radius 3 is 2.62 bits per heavy atom. The zero-order chi connectivity index (χ0) is 19.5. The molecule has 1 unspecified atom stereocenters. The fourth-order valence-corrected chi connectivity index (χ4v) is 3.12. The highest BCUT2D eigenvalue weighted by Gasteiger charge is 2.35. The fourth-order valence-electron chi connectivity index (χ4n) is 2.75. The van der Waals surface area contributed by atoms with E-state index in [-0.39, 0.29) is 28.9 Å². The van der Waals surface area contributed by atoms with E-state index in [4.69, 9.17) is 27.9 Å². The topological polar surface area (TPSA) is 75.7 Å². The largest absolute Gasteiger partial charge is 0.459 e. The number of amides is 2. The van der Waals surface area contributed by atoms with Crippen molar-refractivity contribution < 1.29 is 19.1 Å². The third-order valence-electron chi connectivity index (χ3n) is 3.80. The Morgan fingerprint density at radius 1 is 1.27 bits per heavy atom. The van der Waals surface area contributed by atoms with E-state index in [0.29, 0.717) is 24.4 Å². The third-order valence-corrected chi connectivity index (χ3v) is 4.37. The maximum absolute atomic E-state index is 12.8. The highest BCUT2D eigenvalue weighted by Crippen LogP contribution is 2.26. The normalized spacial score (nSPS) is 17.1. The van der Waals surface area contributed by atoms with Gasteiger partial charge in [-0.05, 0) is 51.8 Å². The van der Waals surface area contributed by atoms with Crippen molar-refractivity contribution in [3.8, 4) is 0 Å². The monoisotopic (exact) mass is 400 g/mol. The zero-order valence-electron chi connectivity index (χ0n) is 15.0. The summed E-state index contributed by atoms with van der Waals surface area (Å²) in [5.74, 6) is -1.27. The molecule has 1 atom stereocenters. The summed E-state index contributed by atoms with van der Waals surface area (Å²) in [5, 5.41) is 3.21. The average molecular weight is 401 g/mol. The first-order valence-corrected chi connectivity index (χ1v) is 9.09. The minimum absolute atomic E-state index is 0.243. The minimum atomic E-state index is -0.653. The molecular weight excluding hydrogens is 379 g/mol. The number of hydrogen-bond acceptors (Lipinski definition) is 4. The van der Waals surface area contributed by atoms with Crippen molar-refractivity contribution in [2.45, 2.75) is 45.3 Å². The lowest BCUT2D eigenvalue weighted by molar-refractivity contribution is -0.154. The van der Waals surface area contributed by atoms with Crippen LogP contribution in [0, 0.1) is 0 Å². The van der Waals surface area contributed by atoms with Gasteiger partial charge in [-0.25, -0.2) is 0 Å². The van der Waals surface area contributed by atoms with Crippen molar-refractivity contribution in [1.29, 1.82) is 0 Å². The molecule has 1 N–H and O–H groups in total.